The van der Waals surface area contributed by atoms with Crippen molar-refractivity contribution in [1.82, 2.24) is 0 Å². The maximum Gasteiger partial charge on any atom is 0.326 e. The third-order valence-electron chi connectivity index (χ3n) is 1.46. The number of carbonyl (C=O) groups is 1. The van der Waals surface area contributed by atoms with Crippen LogP contribution in [0.4, 0.5) is 0 Å². The second-order valence-corrected chi connectivity index (χ2v) is 4.13. The minimum atomic E-state index is -4.57. The molecule has 7 nitrogen and oxygen atoms in total. The molecule has 0 bridgehead atoms. The van der Waals surface area contributed by atoms with Crippen LogP contribution in [0.1, 0.15) is 6.42 Å². The molecule has 0 aliphatic heterocycles. The van der Waals surface area contributed by atoms with Crippen LogP contribution < -0.4 is 0 Å². The van der Waals surface area contributed by atoms with Crippen LogP contribution in [0, 0.1) is 13.8 Å². The van der Waals surface area contributed by atoms with Gasteiger partial charge < -0.3 is 4.74 Å². The number of carbonyl (C=O) groups excluding carboxylic acids is 1. The molecule has 0 rings (SSSR count). The van der Waals surface area contributed by atoms with Crippen molar-refractivity contribution in [3.8, 4) is 0 Å². The van der Waals surface area contributed by atoms with E-state index in [4.69, 9.17) is 18.4 Å². The highest BCUT2D eigenvalue weighted by Crippen LogP contribution is 2.07. The number of hydrogen-bond acceptors (Lipinski definition) is 6. The summed E-state index contributed by atoms with van der Waals surface area (Å²) in [5, 5.41) is -1.75. The van der Waals surface area contributed by atoms with Crippen LogP contribution in [0.15, 0.2) is 0 Å². The van der Waals surface area contributed by atoms with Crippen molar-refractivity contribution in [3.05, 3.63) is 13.8 Å². The van der Waals surface area contributed by atoms with Gasteiger partial charge in [0.15, 0.2) is 5.25 Å². The van der Waals surface area contributed by atoms with Gasteiger partial charge in [-0.05, 0) is 6.92 Å². The van der Waals surface area contributed by atoms with Gasteiger partial charge in [-0.2, -0.15) is 8.42 Å². The fourth-order valence-corrected chi connectivity index (χ4v) is 1.53. The summed E-state index contributed by atoms with van der Waals surface area (Å²) in [6, 6.07) is 0. The molecule has 4 radical (unpaired) electrons. The van der Waals surface area contributed by atoms with Crippen molar-refractivity contribution in [2.24, 2.45) is 0 Å². The zero-order valence-electron chi connectivity index (χ0n) is 8.37. The number of hydrogen-bond donors (Lipinski definition) is 1. The Hall–Kier alpha value is -0.700. The molecular formula is C8H12O7S. The Kier molecular flexibility index (Phi) is 7.22. The minimum Gasteiger partial charge on any atom is -0.464 e. The third-order valence-corrected chi connectivity index (χ3v) is 2.61. The van der Waals surface area contributed by atoms with Gasteiger partial charge in [0.25, 0.3) is 10.1 Å². The van der Waals surface area contributed by atoms with Crippen LogP contribution in [0.25, 0.3) is 0 Å². The molecule has 0 heterocycles. The van der Waals surface area contributed by atoms with Crippen LogP contribution in [0.5, 0.6) is 0 Å². The first-order valence-corrected chi connectivity index (χ1v) is 5.71. The first-order chi connectivity index (χ1) is 7.43. The summed E-state index contributed by atoms with van der Waals surface area (Å²) in [6.07, 6.45) is -0.336. The van der Waals surface area contributed by atoms with Gasteiger partial charge in [0.1, 0.15) is 0 Å². The molecule has 1 unspecified atom stereocenters. The van der Waals surface area contributed by atoms with Gasteiger partial charge in [-0.25, -0.2) is 9.78 Å². The van der Waals surface area contributed by atoms with Crippen molar-refractivity contribution in [2.75, 3.05) is 19.8 Å². The molecule has 0 spiro atoms. The van der Waals surface area contributed by atoms with Crippen molar-refractivity contribution >= 4 is 16.1 Å². The van der Waals surface area contributed by atoms with E-state index in [0.717, 1.165) is 0 Å². The van der Waals surface area contributed by atoms with Crippen molar-refractivity contribution in [2.45, 2.75) is 11.7 Å². The van der Waals surface area contributed by atoms with Crippen LogP contribution in [-0.2, 0) is 29.4 Å². The zero-order valence-corrected chi connectivity index (χ0v) is 9.18. The summed E-state index contributed by atoms with van der Waals surface area (Å²) in [6.45, 7) is 8.86. The van der Waals surface area contributed by atoms with E-state index in [1.54, 1.807) is 0 Å². The van der Waals surface area contributed by atoms with E-state index in [-0.39, 0.29) is 19.6 Å². The maximum absolute atomic E-state index is 11.1. The highest BCUT2D eigenvalue weighted by Gasteiger charge is 2.32. The molecular weight excluding hydrogens is 240 g/mol. The lowest BCUT2D eigenvalue weighted by Crippen LogP contribution is -2.33. The number of ether oxygens (including phenoxy) is 1. The first-order valence-electron chi connectivity index (χ1n) is 4.21. The van der Waals surface area contributed by atoms with Gasteiger partial charge in [0.05, 0.1) is 19.8 Å². The lowest BCUT2D eigenvalue weighted by molar-refractivity contribution is -0.287. The summed E-state index contributed by atoms with van der Waals surface area (Å²) in [5.74, 6) is -1.15. The first kappa shape index (κ1) is 15.3. The monoisotopic (exact) mass is 252 g/mol. The Balaban J connectivity index is 4.29. The van der Waals surface area contributed by atoms with Crippen molar-refractivity contribution in [1.29, 1.82) is 0 Å². The van der Waals surface area contributed by atoms with Crippen molar-refractivity contribution in [3.63, 3.8) is 0 Å². The lowest BCUT2D eigenvalue weighted by atomic mass is 10.3. The smallest absolute Gasteiger partial charge is 0.326 e. The van der Waals surface area contributed by atoms with Gasteiger partial charge in [-0.1, -0.05) is 0 Å². The molecule has 0 aliphatic carbocycles. The topological polar surface area (TPSA) is 99.1 Å². The Morgan fingerprint density at radius 3 is 2.31 bits per heavy atom. The summed E-state index contributed by atoms with van der Waals surface area (Å²) < 4.78 is 34.6. The summed E-state index contributed by atoms with van der Waals surface area (Å²) in [5.41, 5.74) is 0. The van der Waals surface area contributed by atoms with E-state index in [0.29, 0.717) is 0 Å². The second-order valence-electron chi connectivity index (χ2n) is 2.53. The van der Waals surface area contributed by atoms with Gasteiger partial charge in [-0.3, -0.25) is 9.35 Å². The van der Waals surface area contributed by atoms with E-state index in [1.807, 2.05) is 0 Å². The van der Waals surface area contributed by atoms with Crippen LogP contribution in [0.2, 0.25) is 0 Å². The molecule has 0 aromatic heterocycles. The third kappa shape index (κ3) is 6.01. The summed E-state index contributed by atoms with van der Waals surface area (Å²) in [4.78, 5) is 19.7. The molecule has 1 N–H and O–H groups in total. The lowest BCUT2D eigenvalue weighted by Gasteiger charge is -2.11. The molecule has 0 saturated carbocycles. The Morgan fingerprint density at radius 1 is 1.25 bits per heavy atom. The van der Waals surface area contributed by atoms with Crippen LogP contribution in [-0.4, -0.2) is 44.0 Å². The summed E-state index contributed by atoms with van der Waals surface area (Å²) >= 11 is 0. The predicted octanol–water partition coefficient (Wildman–Crippen LogP) is -0.454. The predicted molar refractivity (Wildman–Crippen MR) is 51.4 cm³/mol. The minimum absolute atomic E-state index is 0.218. The molecule has 16 heavy (non-hydrogen) atoms. The second kappa shape index (κ2) is 7.55. The summed E-state index contributed by atoms with van der Waals surface area (Å²) in [7, 11) is -4.57. The van der Waals surface area contributed by atoms with E-state index >= 15 is 0 Å². The molecule has 0 saturated heterocycles. The van der Waals surface area contributed by atoms with E-state index in [2.05, 4.69) is 14.5 Å². The fourth-order valence-electron chi connectivity index (χ4n) is 0.826. The molecule has 1 atom stereocenters. The zero-order chi connectivity index (χ0) is 12.6. The molecule has 0 aromatic carbocycles. The maximum atomic E-state index is 11.1. The van der Waals surface area contributed by atoms with E-state index in [9.17, 15) is 13.2 Å². The Labute approximate surface area is 94.4 Å². The quantitative estimate of drug-likeness (QED) is 0.205. The van der Waals surface area contributed by atoms with Crippen molar-refractivity contribution < 1.29 is 32.3 Å². The van der Waals surface area contributed by atoms with Gasteiger partial charge in [-0.15, -0.1) is 0 Å². The fraction of sp³-hybridized carbons (Fsp3) is 0.625. The molecule has 0 amide bonds. The molecule has 0 aliphatic rings. The standard InChI is InChI=1S/C8H12O7S/c1-3-13-8(9)7(16(10,11)12)5-6-15-14-4-2/h1-2,7H,3-6H2,(H,10,11,12). The highest BCUT2D eigenvalue weighted by atomic mass is 32.2. The SMILES string of the molecule is [CH]COOCCC(C(=O)OC[CH])S(=O)(=O)O. The van der Waals surface area contributed by atoms with Gasteiger partial charge in [0.2, 0.25) is 0 Å². The highest BCUT2D eigenvalue weighted by molar-refractivity contribution is 7.87. The van der Waals surface area contributed by atoms with Gasteiger partial charge in [0, 0.05) is 13.3 Å². The average molecular weight is 252 g/mol. The Morgan fingerprint density at radius 2 is 1.88 bits per heavy atom. The molecule has 8 heteroatoms. The number of rotatable bonds is 8. The van der Waals surface area contributed by atoms with Crippen LogP contribution in [0.3, 0.4) is 0 Å². The van der Waals surface area contributed by atoms with Gasteiger partial charge >= 0.3 is 5.97 Å². The molecule has 0 fully saturated rings. The normalized spacial score (nSPS) is 13.4. The average Bonchev–Trinajstić information content (AvgIpc) is 2.16. The number of esters is 1. The Bertz CT molecular complexity index is 298. The largest absolute Gasteiger partial charge is 0.464 e. The molecule has 92 valence electrons. The van der Waals surface area contributed by atoms with E-state index < -0.39 is 27.9 Å². The van der Waals surface area contributed by atoms with E-state index in [1.165, 1.54) is 0 Å². The molecule has 0 aromatic rings. The van der Waals surface area contributed by atoms with Crippen LogP contribution >= 0.6 is 0 Å².